The van der Waals surface area contributed by atoms with E-state index in [9.17, 15) is 9.59 Å². The van der Waals surface area contributed by atoms with E-state index in [-0.39, 0.29) is 5.70 Å². The van der Waals surface area contributed by atoms with Gasteiger partial charge in [-0.25, -0.2) is 4.90 Å². The van der Waals surface area contributed by atoms with Crippen LogP contribution in [0.3, 0.4) is 0 Å². The highest BCUT2D eigenvalue weighted by molar-refractivity contribution is 7.11. The highest BCUT2D eigenvalue weighted by Crippen LogP contribution is 2.39. The lowest BCUT2D eigenvalue weighted by Gasteiger charge is -2.17. The molecule has 0 unspecified atom stereocenters. The topological polar surface area (TPSA) is 67.9 Å². The summed E-state index contributed by atoms with van der Waals surface area (Å²) in [7, 11) is 3.05. The summed E-state index contributed by atoms with van der Waals surface area (Å²) in [6.07, 6.45) is 0. The lowest BCUT2D eigenvalue weighted by Crippen LogP contribution is -2.32. The van der Waals surface area contributed by atoms with Crippen LogP contribution >= 0.6 is 11.3 Å². The van der Waals surface area contributed by atoms with Crippen LogP contribution in [-0.4, -0.2) is 26.0 Å². The van der Waals surface area contributed by atoms with Gasteiger partial charge in [-0.05, 0) is 35.0 Å². The fraction of sp³-hybridized carbons (Fsp3) is 0.0769. The number of thiophene rings is 1. The zero-order valence-electron chi connectivity index (χ0n) is 18.0. The number of amides is 2. The molecule has 2 heterocycles. The molecule has 1 aromatic heterocycles. The monoisotopic (exact) mass is 456 g/mol. The Bertz CT molecular complexity index is 1400. The summed E-state index contributed by atoms with van der Waals surface area (Å²) in [5.41, 5.74) is 1.75. The molecular weight excluding hydrogens is 436 g/mol. The summed E-state index contributed by atoms with van der Waals surface area (Å²) in [6, 6.07) is 22.4. The molecule has 0 aliphatic carbocycles. The van der Waals surface area contributed by atoms with Gasteiger partial charge in [-0.15, -0.1) is 11.3 Å². The lowest BCUT2D eigenvalue weighted by molar-refractivity contribution is -0.120. The van der Waals surface area contributed by atoms with Gasteiger partial charge in [0.2, 0.25) is 0 Å². The number of nitrogens with zero attached hydrogens (tertiary/aromatic N) is 1. The molecule has 0 radical (unpaired) electrons. The van der Waals surface area contributed by atoms with Gasteiger partial charge in [0.05, 0.1) is 25.5 Å². The molecule has 0 atom stereocenters. The first-order valence-electron chi connectivity index (χ1n) is 10.3. The largest absolute Gasteiger partial charge is 0.493 e. The number of ether oxygens (including phenoxy) is 2. The standard InChI is InChI=1S/C26H20N2O4S/c1-31-20-13-12-17(15-21(20)32-2)28-25(29)23(22-11-6-14-33-22)24(26(28)30)27-19-10-5-8-16-7-3-4-9-18(16)19/h3-15,27H,1-2H3. The van der Waals surface area contributed by atoms with Crippen molar-refractivity contribution in [2.45, 2.75) is 0 Å². The number of fused-ring (bicyclic) bond motifs is 1. The number of hydrogen-bond acceptors (Lipinski definition) is 6. The highest BCUT2D eigenvalue weighted by atomic mass is 32.1. The van der Waals surface area contributed by atoms with Crippen LogP contribution in [0.2, 0.25) is 0 Å². The summed E-state index contributed by atoms with van der Waals surface area (Å²) in [6.45, 7) is 0. The molecule has 6 nitrogen and oxygen atoms in total. The van der Waals surface area contributed by atoms with Crippen molar-refractivity contribution in [1.82, 2.24) is 0 Å². The van der Waals surface area contributed by atoms with Gasteiger partial charge in [0.25, 0.3) is 11.8 Å². The Morgan fingerprint density at radius 3 is 2.36 bits per heavy atom. The number of carbonyl (C=O) groups excluding carboxylic acids is 2. The van der Waals surface area contributed by atoms with Crippen LogP contribution in [0.1, 0.15) is 4.88 Å². The number of benzene rings is 3. The molecule has 0 spiro atoms. The molecule has 2 amide bonds. The van der Waals surface area contributed by atoms with Crippen molar-refractivity contribution in [3.63, 3.8) is 0 Å². The van der Waals surface area contributed by atoms with Gasteiger partial charge in [0.15, 0.2) is 11.5 Å². The maximum atomic E-state index is 13.6. The van der Waals surface area contributed by atoms with E-state index < -0.39 is 11.8 Å². The van der Waals surface area contributed by atoms with Gasteiger partial charge in [0, 0.05) is 22.0 Å². The van der Waals surface area contributed by atoms with Crippen molar-refractivity contribution in [3.8, 4) is 11.5 Å². The fourth-order valence-corrected chi connectivity index (χ4v) is 4.73. The maximum absolute atomic E-state index is 13.6. The van der Waals surface area contributed by atoms with Crippen molar-refractivity contribution in [1.29, 1.82) is 0 Å². The number of rotatable bonds is 6. The quantitative estimate of drug-likeness (QED) is 0.398. The number of methoxy groups -OCH3 is 2. The second-order valence-corrected chi connectivity index (χ2v) is 8.31. The molecule has 0 bridgehead atoms. The second kappa shape index (κ2) is 8.44. The van der Waals surface area contributed by atoms with E-state index in [0.29, 0.717) is 22.8 Å². The van der Waals surface area contributed by atoms with Gasteiger partial charge in [-0.2, -0.15) is 0 Å². The maximum Gasteiger partial charge on any atom is 0.282 e. The first-order chi connectivity index (χ1) is 16.1. The van der Waals surface area contributed by atoms with Gasteiger partial charge in [0.1, 0.15) is 5.70 Å². The third kappa shape index (κ3) is 3.52. The molecule has 1 N–H and O–H groups in total. The molecule has 0 saturated heterocycles. The van der Waals surface area contributed by atoms with Crippen LogP contribution in [0.15, 0.2) is 83.9 Å². The normalized spacial score (nSPS) is 13.7. The molecule has 0 fully saturated rings. The molecule has 1 aliphatic heterocycles. The van der Waals surface area contributed by atoms with Crippen LogP contribution < -0.4 is 19.7 Å². The van der Waals surface area contributed by atoms with Crippen LogP contribution in [0.5, 0.6) is 11.5 Å². The van der Waals surface area contributed by atoms with E-state index in [1.807, 2.05) is 60.0 Å². The zero-order chi connectivity index (χ0) is 22.9. The van der Waals surface area contributed by atoms with E-state index in [0.717, 1.165) is 21.3 Å². The molecule has 1 aliphatic rings. The Balaban J connectivity index is 1.62. The molecular formula is C26H20N2O4S. The zero-order valence-corrected chi connectivity index (χ0v) is 18.8. The number of anilines is 2. The predicted octanol–water partition coefficient (Wildman–Crippen LogP) is 5.32. The van der Waals surface area contributed by atoms with Crippen LogP contribution in [0.25, 0.3) is 16.3 Å². The molecule has 7 heteroatoms. The minimum absolute atomic E-state index is 0.244. The van der Waals surface area contributed by atoms with Crippen molar-refractivity contribution in [2.75, 3.05) is 24.4 Å². The average molecular weight is 457 g/mol. The number of carbonyl (C=O) groups is 2. The Hall–Kier alpha value is -4.10. The predicted molar refractivity (Wildman–Crippen MR) is 131 cm³/mol. The van der Waals surface area contributed by atoms with E-state index in [1.54, 1.807) is 18.2 Å². The van der Waals surface area contributed by atoms with Crippen LogP contribution in [0.4, 0.5) is 11.4 Å². The second-order valence-electron chi connectivity index (χ2n) is 7.36. The van der Waals surface area contributed by atoms with Crippen molar-refractivity contribution < 1.29 is 19.1 Å². The minimum atomic E-state index is -0.427. The third-order valence-corrected chi connectivity index (χ3v) is 6.41. The first kappa shape index (κ1) is 20.8. The smallest absolute Gasteiger partial charge is 0.282 e. The summed E-state index contributed by atoms with van der Waals surface area (Å²) in [5.74, 6) is 0.130. The van der Waals surface area contributed by atoms with Crippen molar-refractivity contribution in [3.05, 3.63) is 88.8 Å². The third-order valence-electron chi connectivity index (χ3n) is 5.53. The van der Waals surface area contributed by atoms with Crippen molar-refractivity contribution >= 4 is 50.9 Å². The highest BCUT2D eigenvalue weighted by Gasteiger charge is 2.41. The first-order valence-corrected chi connectivity index (χ1v) is 11.1. The SMILES string of the molecule is COc1ccc(N2C(=O)C(Nc3cccc4ccccc34)=C(c3cccs3)C2=O)cc1OC. The summed E-state index contributed by atoms with van der Waals surface area (Å²) >= 11 is 1.41. The van der Waals surface area contributed by atoms with Gasteiger partial charge >= 0.3 is 0 Å². The number of imide groups is 1. The van der Waals surface area contributed by atoms with E-state index >= 15 is 0 Å². The summed E-state index contributed by atoms with van der Waals surface area (Å²) in [4.78, 5) is 29.1. The van der Waals surface area contributed by atoms with Crippen LogP contribution in [0, 0.1) is 0 Å². The van der Waals surface area contributed by atoms with Gasteiger partial charge < -0.3 is 14.8 Å². The number of hydrogen-bond donors (Lipinski definition) is 1. The lowest BCUT2D eigenvalue weighted by atomic mass is 10.1. The molecule has 5 rings (SSSR count). The number of nitrogens with one attached hydrogen (secondary N) is 1. The Morgan fingerprint density at radius 2 is 1.61 bits per heavy atom. The van der Waals surface area contributed by atoms with E-state index in [2.05, 4.69) is 5.32 Å². The van der Waals surface area contributed by atoms with Gasteiger partial charge in [-0.3, -0.25) is 9.59 Å². The molecule has 3 aromatic carbocycles. The molecule has 33 heavy (non-hydrogen) atoms. The molecule has 164 valence electrons. The average Bonchev–Trinajstić information content (AvgIpc) is 3.45. The Kier molecular flexibility index (Phi) is 5.32. The molecule has 0 saturated carbocycles. The summed E-state index contributed by atoms with van der Waals surface area (Å²) < 4.78 is 10.7. The fourth-order valence-electron chi connectivity index (χ4n) is 3.96. The van der Waals surface area contributed by atoms with Gasteiger partial charge in [-0.1, -0.05) is 42.5 Å². The van der Waals surface area contributed by atoms with E-state index in [4.69, 9.17) is 9.47 Å². The Labute approximate surface area is 194 Å². The van der Waals surface area contributed by atoms with E-state index in [1.165, 1.54) is 30.5 Å². The molecule has 4 aromatic rings. The Morgan fingerprint density at radius 1 is 0.818 bits per heavy atom. The van der Waals surface area contributed by atoms with Crippen LogP contribution in [-0.2, 0) is 9.59 Å². The summed E-state index contributed by atoms with van der Waals surface area (Å²) in [5, 5.41) is 7.15. The minimum Gasteiger partial charge on any atom is -0.493 e. The van der Waals surface area contributed by atoms with Crippen molar-refractivity contribution in [2.24, 2.45) is 0 Å².